The fraction of sp³-hybridized carbons (Fsp3) is 0.250. The Hall–Kier alpha value is -2.95. The molecule has 1 amide bonds. The number of amides is 1. The molecule has 130 valence electrons. The minimum atomic E-state index is -0.122. The van der Waals surface area contributed by atoms with Crippen LogP contribution < -0.4 is 19.5 Å². The highest BCUT2D eigenvalue weighted by atomic mass is 16.6. The average molecular weight is 339 g/mol. The van der Waals surface area contributed by atoms with Crippen molar-refractivity contribution in [2.24, 2.45) is 0 Å². The van der Waals surface area contributed by atoms with E-state index in [2.05, 4.69) is 5.32 Å². The van der Waals surface area contributed by atoms with E-state index in [1.807, 2.05) is 42.5 Å². The molecule has 1 aliphatic rings. The molecule has 1 heterocycles. The van der Waals surface area contributed by atoms with Crippen molar-refractivity contribution < 1.29 is 19.0 Å². The average Bonchev–Trinajstić information content (AvgIpc) is 2.67. The summed E-state index contributed by atoms with van der Waals surface area (Å²) in [5, 5.41) is 2.88. The van der Waals surface area contributed by atoms with Crippen LogP contribution in [-0.2, 0) is 11.2 Å². The van der Waals surface area contributed by atoms with Crippen molar-refractivity contribution in [1.82, 2.24) is 5.32 Å². The van der Waals surface area contributed by atoms with Gasteiger partial charge in [-0.25, -0.2) is 0 Å². The van der Waals surface area contributed by atoms with Crippen molar-refractivity contribution >= 4 is 12.0 Å². The van der Waals surface area contributed by atoms with Crippen LogP contribution >= 0.6 is 0 Å². The van der Waals surface area contributed by atoms with E-state index in [1.165, 1.54) is 6.08 Å². The lowest BCUT2D eigenvalue weighted by Gasteiger charge is -2.18. The number of ether oxygens (including phenoxy) is 3. The zero-order valence-electron chi connectivity index (χ0n) is 14.2. The SMILES string of the molecule is COc1ccc(CCNC(=O)C=Cc2ccc3c(c2)OCCO3)cc1. The Morgan fingerprint density at radius 3 is 2.64 bits per heavy atom. The highest BCUT2D eigenvalue weighted by Crippen LogP contribution is 2.31. The lowest BCUT2D eigenvalue weighted by Crippen LogP contribution is -2.23. The van der Waals surface area contributed by atoms with Gasteiger partial charge in [-0.15, -0.1) is 0 Å². The lowest BCUT2D eigenvalue weighted by molar-refractivity contribution is -0.116. The van der Waals surface area contributed by atoms with Gasteiger partial charge in [0, 0.05) is 12.6 Å². The van der Waals surface area contributed by atoms with E-state index >= 15 is 0 Å². The predicted octanol–water partition coefficient (Wildman–Crippen LogP) is 2.84. The van der Waals surface area contributed by atoms with Gasteiger partial charge < -0.3 is 19.5 Å². The van der Waals surface area contributed by atoms with E-state index in [-0.39, 0.29) is 5.91 Å². The first-order valence-electron chi connectivity index (χ1n) is 8.23. The fourth-order valence-corrected chi connectivity index (χ4v) is 2.52. The number of hydrogen-bond acceptors (Lipinski definition) is 4. The zero-order valence-corrected chi connectivity index (χ0v) is 14.2. The van der Waals surface area contributed by atoms with Crippen molar-refractivity contribution in [3.8, 4) is 17.2 Å². The van der Waals surface area contributed by atoms with Gasteiger partial charge in [0.2, 0.25) is 5.91 Å². The largest absolute Gasteiger partial charge is 0.497 e. The molecule has 3 rings (SSSR count). The maximum atomic E-state index is 11.9. The molecule has 5 nitrogen and oxygen atoms in total. The standard InChI is InChI=1S/C20H21NO4/c1-23-17-6-2-15(3-7-17)10-11-21-20(22)9-5-16-4-8-18-19(14-16)25-13-12-24-18/h2-9,14H,10-13H2,1H3,(H,21,22). The third kappa shape index (κ3) is 4.76. The Labute approximate surface area is 147 Å². The number of benzene rings is 2. The van der Waals surface area contributed by atoms with Gasteiger partial charge in [0.15, 0.2) is 11.5 Å². The van der Waals surface area contributed by atoms with Crippen molar-refractivity contribution in [3.63, 3.8) is 0 Å². The van der Waals surface area contributed by atoms with Crippen LogP contribution in [0.25, 0.3) is 6.08 Å². The van der Waals surface area contributed by atoms with Crippen LogP contribution in [0.15, 0.2) is 48.5 Å². The molecule has 2 aromatic carbocycles. The molecule has 0 spiro atoms. The number of carbonyl (C=O) groups excluding carboxylic acids is 1. The Kier molecular flexibility index (Phi) is 5.57. The van der Waals surface area contributed by atoms with Gasteiger partial charge in [0.05, 0.1) is 7.11 Å². The number of rotatable bonds is 6. The van der Waals surface area contributed by atoms with Crippen molar-refractivity contribution in [2.45, 2.75) is 6.42 Å². The summed E-state index contributed by atoms with van der Waals surface area (Å²) in [7, 11) is 1.64. The second-order valence-electron chi connectivity index (χ2n) is 5.63. The molecule has 1 aliphatic heterocycles. The molecule has 0 bridgehead atoms. The van der Waals surface area contributed by atoms with Crippen molar-refractivity contribution in [1.29, 1.82) is 0 Å². The van der Waals surface area contributed by atoms with Gasteiger partial charge in [-0.05, 0) is 47.9 Å². The quantitative estimate of drug-likeness (QED) is 0.822. The first-order valence-corrected chi connectivity index (χ1v) is 8.23. The van der Waals surface area contributed by atoms with Crippen LogP contribution in [0.1, 0.15) is 11.1 Å². The molecule has 25 heavy (non-hydrogen) atoms. The second kappa shape index (κ2) is 8.24. The van der Waals surface area contributed by atoms with E-state index in [1.54, 1.807) is 13.2 Å². The highest BCUT2D eigenvalue weighted by Gasteiger charge is 2.10. The van der Waals surface area contributed by atoms with Gasteiger partial charge in [-0.3, -0.25) is 4.79 Å². The molecule has 0 fully saturated rings. The molecule has 0 radical (unpaired) electrons. The van der Waals surface area contributed by atoms with Crippen molar-refractivity contribution in [3.05, 3.63) is 59.7 Å². The summed E-state index contributed by atoms with van der Waals surface area (Å²) in [5.74, 6) is 2.17. The summed E-state index contributed by atoms with van der Waals surface area (Å²) in [4.78, 5) is 11.9. The Bertz CT molecular complexity index is 753. The number of methoxy groups -OCH3 is 1. The summed E-state index contributed by atoms with van der Waals surface area (Å²) in [5.41, 5.74) is 2.05. The van der Waals surface area contributed by atoms with Gasteiger partial charge in [-0.2, -0.15) is 0 Å². The molecule has 0 saturated heterocycles. The molecule has 0 aliphatic carbocycles. The lowest BCUT2D eigenvalue weighted by atomic mass is 10.1. The summed E-state index contributed by atoms with van der Waals surface area (Å²) in [6.45, 7) is 1.70. The molecular weight excluding hydrogens is 318 g/mol. The smallest absolute Gasteiger partial charge is 0.244 e. The number of hydrogen-bond donors (Lipinski definition) is 1. The Morgan fingerprint density at radius 1 is 1.12 bits per heavy atom. The van der Waals surface area contributed by atoms with Gasteiger partial charge in [0.25, 0.3) is 0 Å². The number of carbonyl (C=O) groups is 1. The first kappa shape index (κ1) is 16.9. The molecule has 0 unspecified atom stereocenters. The zero-order chi connectivity index (χ0) is 17.5. The summed E-state index contributed by atoms with van der Waals surface area (Å²) >= 11 is 0. The maximum Gasteiger partial charge on any atom is 0.244 e. The van der Waals surface area contributed by atoms with Crippen LogP contribution in [0.2, 0.25) is 0 Å². The van der Waals surface area contributed by atoms with E-state index in [4.69, 9.17) is 14.2 Å². The summed E-state index contributed by atoms with van der Waals surface area (Å²) < 4.78 is 16.1. The molecule has 5 heteroatoms. The minimum absolute atomic E-state index is 0.122. The van der Waals surface area contributed by atoms with E-state index < -0.39 is 0 Å². The summed E-state index contributed by atoms with van der Waals surface area (Å²) in [6.07, 6.45) is 4.06. The van der Waals surface area contributed by atoms with E-state index in [0.29, 0.717) is 25.5 Å². The highest BCUT2D eigenvalue weighted by molar-refractivity contribution is 5.91. The van der Waals surface area contributed by atoms with Gasteiger partial charge in [-0.1, -0.05) is 18.2 Å². The normalized spacial score (nSPS) is 12.8. The minimum Gasteiger partial charge on any atom is -0.497 e. The predicted molar refractivity (Wildman–Crippen MR) is 96.2 cm³/mol. The van der Waals surface area contributed by atoms with E-state index in [9.17, 15) is 4.79 Å². The van der Waals surface area contributed by atoms with Crippen LogP contribution in [0.5, 0.6) is 17.2 Å². The molecule has 0 saturated carbocycles. The van der Waals surface area contributed by atoms with Gasteiger partial charge in [0.1, 0.15) is 19.0 Å². The Morgan fingerprint density at radius 2 is 1.88 bits per heavy atom. The van der Waals surface area contributed by atoms with Crippen LogP contribution in [0, 0.1) is 0 Å². The van der Waals surface area contributed by atoms with Crippen LogP contribution in [0.3, 0.4) is 0 Å². The fourth-order valence-electron chi connectivity index (χ4n) is 2.52. The Balaban J connectivity index is 1.47. The topological polar surface area (TPSA) is 56.8 Å². The first-order chi connectivity index (χ1) is 12.2. The van der Waals surface area contributed by atoms with Crippen molar-refractivity contribution in [2.75, 3.05) is 26.9 Å². The van der Waals surface area contributed by atoms with E-state index in [0.717, 1.165) is 29.0 Å². The molecule has 0 aromatic heterocycles. The molecule has 2 aromatic rings. The third-order valence-corrected chi connectivity index (χ3v) is 3.87. The monoisotopic (exact) mass is 339 g/mol. The van der Waals surface area contributed by atoms with Crippen LogP contribution in [-0.4, -0.2) is 32.8 Å². The molecule has 1 N–H and O–H groups in total. The van der Waals surface area contributed by atoms with Crippen LogP contribution in [0.4, 0.5) is 0 Å². The maximum absolute atomic E-state index is 11.9. The molecular formula is C20H21NO4. The van der Waals surface area contributed by atoms with Gasteiger partial charge >= 0.3 is 0 Å². The second-order valence-corrected chi connectivity index (χ2v) is 5.63. The molecule has 0 atom stereocenters. The number of fused-ring (bicyclic) bond motifs is 1. The number of nitrogens with one attached hydrogen (secondary N) is 1. The third-order valence-electron chi connectivity index (χ3n) is 3.87. The summed E-state index contributed by atoms with van der Waals surface area (Å²) in [6, 6.07) is 13.4.